The van der Waals surface area contributed by atoms with Crippen molar-refractivity contribution in [3.8, 4) is 6.07 Å². The summed E-state index contributed by atoms with van der Waals surface area (Å²) in [7, 11) is 1.65. The molecule has 1 aliphatic rings. The lowest BCUT2D eigenvalue weighted by Crippen LogP contribution is -2.41. The number of rotatable bonds is 4. The topological polar surface area (TPSA) is 53.2 Å². The Morgan fingerprint density at radius 1 is 1.38 bits per heavy atom. The van der Waals surface area contributed by atoms with Crippen LogP contribution in [-0.4, -0.2) is 23.9 Å². The molecule has 1 fully saturated rings. The van der Waals surface area contributed by atoms with Gasteiger partial charge in [0.1, 0.15) is 0 Å². The Labute approximate surface area is 98.4 Å². The molecular formula is C13H23NO2. The van der Waals surface area contributed by atoms with E-state index in [2.05, 4.69) is 6.07 Å². The summed E-state index contributed by atoms with van der Waals surface area (Å²) in [6.07, 6.45) is 4.89. The fourth-order valence-electron chi connectivity index (χ4n) is 2.45. The van der Waals surface area contributed by atoms with Gasteiger partial charge in [-0.25, -0.2) is 0 Å². The van der Waals surface area contributed by atoms with Crippen LogP contribution >= 0.6 is 0 Å². The Balaban J connectivity index is 2.69. The lowest BCUT2D eigenvalue weighted by atomic mass is 9.69. The maximum absolute atomic E-state index is 10.3. The molecule has 1 saturated carbocycles. The highest BCUT2D eigenvalue weighted by molar-refractivity contribution is 5.06. The minimum absolute atomic E-state index is 0.360. The molecule has 3 nitrogen and oxygen atoms in total. The van der Waals surface area contributed by atoms with E-state index >= 15 is 0 Å². The van der Waals surface area contributed by atoms with Crippen molar-refractivity contribution in [3.63, 3.8) is 0 Å². The highest BCUT2D eigenvalue weighted by Gasteiger charge is 2.41. The molecule has 0 bridgehead atoms. The molecule has 0 aromatic heterocycles. The molecule has 3 heteroatoms. The van der Waals surface area contributed by atoms with Gasteiger partial charge in [-0.1, -0.05) is 19.3 Å². The van der Waals surface area contributed by atoms with Crippen molar-refractivity contribution >= 4 is 0 Å². The third kappa shape index (κ3) is 2.96. The van der Waals surface area contributed by atoms with E-state index in [1.807, 2.05) is 13.8 Å². The van der Waals surface area contributed by atoms with Crippen molar-refractivity contribution in [1.29, 1.82) is 5.26 Å². The van der Waals surface area contributed by atoms with Crippen LogP contribution in [0, 0.1) is 16.7 Å². The Kier molecular flexibility index (Phi) is 4.35. The Morgan fingerprint density at radius 2 is 1.94 bits per heavy atom. The van der Waals surface area contributed by atoms with Crippen molar-refractivity contribution in [2.24, 2.45) is 5.41 Å². The largest absolute Gasteiger partial charge is 0.391 e. The van der Waals surface area contributed by atoms with Crippen LogP contribution in [0.1, 0.15) is 52.4 Å². The van der Waals surface area contributed by atoms with E-state index in [4.69, 9.17) is 4.74 Å². The molecule has 0 aromatic rings. The average Bonchev–Trinajstić information content (AvgIpc) is 2.29. The first-order valence-corrected chi connectivity index (χ1v) is 6.10. The van der Waals surface area contributed by atoms with Gasteiger partial charge in [-0.3, -0.25) is 0 Å². The molecule has 0 amide bonds. The molecule has 0 saturated heterocycles. The molecule has 1 atom stereocenters. The van der Waals surface area contributed by atoms with Crippen LogP contribution < -0.4 is 0 Å². The molecule has 0 heterocycles. The molecule has 16 heavy (non-hydrogen) atoms. The second kappa shape index (κ2) is 5.16. The Bertz CT molecular complexity index is 262. The highest BCUT2D eigenvalue weighted by atomic mass is 16.5. The summed E-state index contributed by atoms with van der Waals surface area (Å²) in [4.78, 5) is 0. The maximum Gasteiger partial charge on any atom is 0.0833 e. The van der Waals surface area contributed by atoms with E-state index < -0.39 is 11.5 Å². The minimum atomic E-state index is -0.576. The van der Waals surface area contributed by atoms with Gasteiger partial charge in [0.15, 0.2) is 0 Å². The van der Waals surface area contributed by atoms with Gasteiger partial charge in [0, 0.05) is 13.5 Å². The summed E-state index contributed by atoms with van der Waals surface area (Å²) in [6.45, 7) is 3.90. The zero-order valence-corrected chi connectivity index (χ0v) is 10.6. The lowest BCUT2D eigenvalue weighted by Gasteiger charge is -2.38. The number of nitriles is 1. The van der Waals surface area contributed by atoms with Crippen LogP contribution in [-0.2, 0) is 4.74 Å². The van der Waals surface area contributed by atoms with Crippen molar-refractivity contribution in [2.75, 3.05) is 7.11 Å². The third-order valence-electron chi connectivity index (χ3n) is 3.84. The molecule has 0 radical (unpaired) electrons. The Morgan fingerprint density at radius 3 is 2.38 bits per heavy atom. The maximum atomic E-state index is 10.3. The second-order valence-electron chi connectivity index (χ2n) is 5.51. The standard InChI is InChI=1S/C13H23NO2/c1-12(2,16-3)9-11(15)13(10-14)7-5-4-6-8-13/h11,15H,4-9H2,1-3H3. The molecule has 1 N–H and O–H groups in total. The molecule has 1 rings (SSSR count). The highest BCUT2D eigenvalue weighted by Crippen LogP contribution is 2.41. The molecular weight excluding hydrogens is 202 g/mol. The van der Waals surface area contributed by atoms with E-state index in [1.165, 1.54) is 6.42 Å². The molecule has 0 aliphatic heterocycles. The fraction of sp³-hybridized carbons (Fsp3) is 0.923. The SMILES string of the molecule is COC(C)(C)CC(O)C1(C#N)CCCCC1. The first kappa shape index (κ1) is 13.5. The van der Waals surface area contributed by atoms with Gasteiger partial charge in [-0.2, -0.15) is 5.26 Å². The lowest BCUT2D eigenvalue weighted by molar-refractivity contribution is -0.0555. The first-order chi connectivity index (χ1) is 7.46. The van der Waals surface area contributed by atoms with Gasteiger partial charge in [-0.15, -0.1) is 0 Å². The molecule has 0 aromatic carbocycles. The summed E-state index contributed by atoms with van der Waals surface area (Å²) in [5.74, 6) is 0. The normalized spacial score (nSPS) is 22.4. The summed E-state index contributed by atoms with van der Waals surface area (Å²) in [5, 5.41) is 19.6. The van der Waals surface area contributed by atoms with Gasteiger partial charge in [-0.05, 0) is 26.7 Å². The number of ether oxygens (including phenoxy) is 1. The number of nitrogens with zero attached hydrogens (tertiary/aromatic N) is 1. The quantitative estimate of drug-likeness (QED) is 0.800. The molecule has 1 unspecified atom stereocenters. The average molecular weight is 225 g/mol. The van der Waals surface area contributed by atoms with Crippen LogP contribution in [0.4, 0.5) is 0 Å². The van der Waals surface area contributed by atoms with Crippen LogP contribution in [0.2, 0.25) is 0 Å². The van der Waals surface area contributed by atoms with E-state index in [-0.39, 0.29) is 5.60 Å². The van der Waals surface area contributed by atoms with E-state index in [1.54, 1.807) is 7.11 Å². The van der Waals surface area contributed by atoms with Gasteiger partial charge in [0.05, 0.1) is 23.2 Å². The second-order valence-corrected chi connectivity index (χ2v) is 5.51. The number of aliphatic hydroxyl groups excluding tert-OH is 1. The van der Waals surface area contributed by atoms with Crippen LogP contribution in [0.15, 0.2) is 0 Å². The number of hydrogen-bond donors (Lipinski definition) is 1. The van der Waals surface area contributed by atoms with Crippen LogP contribution in [0.25, 0.3) is 0 Å². The van der Waals surface area contributed by atoms with Crippen molar-refractivity contribution in [2.45, 2.75) is 64.1 Å². The van der Waals surface area contributed by atoms with Crippen molar-refractivity contribution < 1.29 is 9.84 Å². The summed E-state index contributed by atoms with van der Waals surface area (Å²) in [6, 6.07) is 2.36. The van der Waals surface area contributed by atoms with Gasteiger partial charge >= 0.3 is 0 Å². The van der Waals surface area contributed by atoms with E-state index in [9.17, 15) is 10.4 Å². The zero-order valence-electron chi connectivity index (χ0n) is 10.6. The van der Waals surface area contributed by atoms with E-state index in [0.29, 0.717) is 6.42 Å². The fourth-order valence-corrected chi connectivity index (χ4v) is 2.45. The minimum Gasteiger partial charge on any atom is -0.391 e. The molecule has 0 spiro atoms. The number of aliphatic hydroxyl groups is 1. The van der Waals surface area contributed by atoms with Crippen molar-refractivity contribution in [3.05, 3.63) is 0 Å². The van der Waals surface area contributed by atoms with Crippen LogP contribution in [0.3, 0.4) is 0 Å². The molecule has 1 aliphatic carbocycles. The van der Waals surface area contributed by atoms with Gasteiger partial charge < -0.3 is 9.84 Å². The Hall–Kier alpha value is -0.590. The predicted octanol–water partition coefficient (Wildman–Crippen LogP) is 2.64. The smallest absolute Gasteiger partial charge is 0.0833 e. The summed E-state index contributed by atoms with van der Waals surface area (Å²) < 4.78 is 5.32. The van der Waals surface area contributed by atoms with Gasteiger partial charge in [0.25, 0.3) is 0 Å². The van der Waals surface area contributed by atoms with E-state index in [0.717, 1.165) is 25.7 Å². The number of hydrogen-bond acceptors (Lipinski definition) is 3. The predicted molar refractivity (Wildman–Crippen MR) is 62.8 cm³/mol. The zero-order chi connectivity index (χ0) is 12.2. The van der Waals surface area contributed by atoms with Crippen LogP contribution in [0.5, 0.6) is 0 Å². The monoisotopic (exact) mass is 225 g/mol. The number of methoxy groups -OCH3 is 1. The molecule has 92 valence electrons. The summed E-state index contributed by atoms with van der Waals surface area (Å²) >= 11 is 0. The summed E-state index contributed by atoms with van der Waals surface area (Å²) in [5.41, 5.74) is -0.894. The third-order valence-corrected chi connectivity index (χ3v) is 3.84. The van der Waals surface area contributed by atoms with Gasteiger partial charge in [0.2, 0.25) is 0 Å². The first-order valence-electron chi connectivity index (χ1n) is 6.10. The van der Waals surface area contributed by atoms with Crippen molar-refractivity contribution in [1.82, 2.24) is 0 Å².